The number of hydrogen-bond acceptors (Lipinski definition) is 12. The molecule has 2 aromatic rings. The largest absolute Gasteiger partial charge is 0.462 e. The lowest BCUT2D eigenvalue weighted by Crippen LogP contribution is -2.37. The van der Waals surface area contributed by atoms with Gasteiger partial charge < -0.3 is 29.6 Å². The fourth-order valence-electron chi connectivity index (χ4n) is 3.64. The predicted octanol–water partition coefficient (Wildman–Crippen LogP) is 2.00. The molecule has 6 atom stereocenters. The first kappa shape index (κ1) is 28.2. The monoisotopic (exact) mass is 574 g/mol. The fourth-order valence-corrected chi connectivity index (χ4v) is 6.67. The lowest BCUT2D eigenvalue weighted by molar-refractivity contribution is -0.149. The highest BCUT2D eigenvalue weighted by molar-refractivity contribution is 8.00. The third-order valence-corrected chi connectivity index (χ3v) is 8.63. The number of nitrogens with two attached hydrogens (primary N) is 1. The maximum absolute atomic E-state index is 15.0. The molecule has 16 heteroatoms. The van der Waals surface area contributed by atoms with Crippen LogP contribution in [-0.4, -0.2) is 63.7 Å². The molecule has 0 saturated carbocycles. The second kappa shape index (κ2) is 11.5. The number of thioether (sulfide) groups is 1. The Kier molecular flexibility index (Phi) is 8.52. The summed E-state index contributed by atoms with van der Waals surface area (Å²) in [5.41, 5.74) is 4.72. The Balaban J connectivity index is 1.51. The Bertz CT molecular complexity index is 1280. The van der Waals surface area contributed by atoms with Crippen LogP contribution in [0.4, 0.5) is 10.2 Å². The highest BCUT2D eigenvalue weighted by atomic mass is 32.2. The van der Waals surface area contributed by atoms with Crippen LogP contribution in [-0.2, 0) is 18.6 Å². The number of benzene rings is 1. The quantitative estimate of drug-likeness (QED) is 0.278. The molecule has 0 spiro atoms. The van der Waals surface area contributed by atoms with E-state index in [4.69, 9.17) is 29.0 Å². The van der Waals surface area contributed by atoms with E-state index in [1.807, 2.05) is 0 Å². The molecule has 1 aromatic heterocycles. The highest BCUT2D eigenvalue weighted by Gasteiger charge is 2.46. The van der Waals surface area contributed by atoms with E-state index < -0.39 is 61.1 Å². The third kappa shape index (κ3) is 6.41. The molecule has 3 heterocycles. The number of ether oxygens (including phenoxy) is 3. The number of anilines is 1. The average Bonchev–Trinajstić information content (AvgIpc) is 3.42. The first-order chi connectivity index (χ1) is 18.0. The first-order valence-corrected chi connectivity index (χ1v) is 14.1. The molecule has 4 N–H and O–H groups in total. The van der Waals surface area contributed by atoms with Crippen molar-refractivity contribution in [1.29, 1.82) is 0 Å². The molecular formula is C22H28FN4O9PS. The minimum absolute atomic E-state index is 0.0121. The van der Waals surface area contributed by atoms with Gasteiger partial charge in [-0.2, -0.15) is 10.1 Å². The standard InChI is InChI=1S/C22H28FN4O9PS/c1-11(2)35-21(29)12(3)26-37(31,36-13-4-5-14-15(8-13)33-10-32-14)34-9-16-19(28)18(23)20(38-16)27-7-6-17(24)25-22(27)30/h4-8,11-12,16,18-20,28H,9-10H2,1-3H3,(H,26,31)(H2,24,25,30)/t12-,16+,18-,19+,20+,37?/m0/s1. The molecule has 1 aromatic carbocycles. The number of carbonyl (C=O) groups is 1. The summed E-state index contributed by atoms with van der Waals surface area (Å²) in [4.78, 5) is 28.1. The summed E-state index contributed by atoms with van der Waals surface area (Å²) in [7, 11) is -4.32. The number of esters is 1. The van der Waals surface area contributed by atoms with Gasteiger partial charge in [0.1, 0.15) is 29.1 Å². The summed E-state index contributed by atoms with van der Waals surface area (Å²) >= 11 is 0.896. The lowest BCUT2D eigenvalue weighted by atomic mass is 10.1. The zero-order valence-corrected chi connectivity index (χ0v) is 22.4. The Morgan fingerprint density at radius 2 is 2.08 bits per heavy atom. The van der Waals surface area contributed by atoms with Crippen LogP contribution in [0.5, 0.6) is 17.2 Å². The Morgan fingerprint density at radius 3 is 2.79 bits per heavy atom. The van der Waals surface area contributed by atoms with Crippen LogP contribution in [0.25, 0.3) is 0 Å². The Morgan fingerprint density at radius 1 is 1.34 bits per heavy atom. The molecule has 13 nitrogen and oxygen atoms in total. The van der Waals surface area contributed by atoms with Gasteiger partial charge in [0.25, 0.3) is 0 Å². The molecule has 1 saturated heterocycles. The molecule has 208 valence electrons. The number of nitrogens with zero attached hydrogens (tertiary/aromatic N) is 2. The smallest absolute Gasteiger partial charge is 0.459 e. The maximum Gasteiger partial charge on any atom is 0.459 e. The van der Waals surface area contributed by atoms with Crippen LogP contribution in [0, 0.1) is 0 Å². The molecule has 2 aliphatic rings. The van der Waals surface area contributed by atoms with Gasteiger partial charge in [0.15, 0.2) is 17.7 Å². The van der Waals surface area contributed by atoms with Crippen LogP contribution in [0.3, 0.4) is 0 Å². The number of halogens is 1. The van der Waals surface area contributed by atoms with Crippen molar-refractivity contribution in [3.63, 3.8) is 0 Å². The zero-order valence-electron chi connectivity index (χ0n) is 20.7. The van der Waals surface area contributed by atoms with Crippen molar-refractivity contribution in [3.8, 4) is 17.2 Å². The molecule has 0 radical (unpaired) electrons. The average molecular weight is 575 g/mol. The van der Waals surface area contributed by atoms with E-state index in [0.717, 1.165) is 16.3 Å². The predicted molar refractivity (Wildman–Crippen MR) is 135 cm³/mol. The zero-order chi connectivity index (χ0) is 27.6. The van der Waals surface area contributed by atoms with Gasteiger partial charge >= 0.3 is 19.4 Å². The van der Waals surface area contributed by atoms with E-state index in [-0.39, 0.29) is 18.4 Å². The van der Waals surface area contributed by atoms with Gasteiger partial charge in [-0.25, -0.2) is 13.8 Å². The van der Waals surface area contributed by atoms with Crippen molar-refractivity contribution in [2.45, 2.75) is 55.8 Å². The number of aliphatic hydroxyl groups excluding tert-OH is 1. The molecular weight excluding hydrogens is 546 g/mol. The van der Waals surface area contributed by atoms with Gasteiger partial charge in [0, 0.05) is 12.3 Å². The van der Waals surface area contributed by atoms with Crippen molar-refractivity contribution < 1.29 is 42.1 Å². The van der Waals surface area contributed by atoms with Crippen LogP contribution in [0.2, 0.25) is 0 Å². The van der Waals surface area contributed by atoms with E-state index in [9.17, 15) is 23.7 Å². The second-order valence-electron chi connectivity index (χ2n) is 8.78. The van der Waals surface area contributed by atoms with Crippen molar-refractivity contribution in [2.24, 2.45) is 0 Å². The molecule has 0 bridgehead atoms. The fraction of sp³-hybridized carbons (Fsp3) is 0.500. The van der Waals surface area contributed by atoms with Crippen molar-refractivity contribution in [2.75, 3.05) is 19.1 Å². The molecule has 38 heavy (non-hydrogen) atoms. The lowest BCUT2D eigenvalue weighted by Gasteiger charge is -2.25. The number of nitrogen functional groups attached to an aromatic ring is 1. The van der Waals surface area contributed by atoms with Gasteiger partial charge in [-0.15, -0.1) is 11.8 Å². The summed E-state index contributed by atoms with van der Waals surface area (Å²) < 4.78 is 56.7. The summed E-state index contributed by atoms with van der Waals surface area (Å²) in [6.07, 6.45) is -2.57. The normalized spacial score (nSPS) is 24.7. The minimum atomic E-state index is -4.32. The van der Waals surface area contributed by atoms with Crippen LogP contribution in [0.1, 0.15) is 26.1 Å². The minimum Gasteiger partial charge on any atom is -0.462 e. The number of hydrogen-bond donors (Lipinski definition) is 3. The molecule has 1 fully saturated rings. The SMILES string of the molecule is CC(C)OC(=O)[C@H](C)NP(=O)(OC[C@H]1S[C@@H](n2ccc(N)nc2=O)[C@@H](F)[C@@H]1O)Oc1ccc2c(c1)OCO2. The van der Waals surface area contributed by atoms with Crippen molar-refractivity contribution in [1.82, 2.24) is 14.6 Å². The van der Waals surface area contributed by atoms with E-state index in [2.05, 4.69) is 10.1 Å². The van der Waals surface area contributed by atoms with Gasteiger partial charge in [0.05, 0.1) is 18.0 Å². The van der Waals surface area contributed by atoms with Crippen molar-refractivity contribution in [3.05, 3.63) is 40.9 Å². The van der Waals surface area contributed by atoms with E-state index in [1.54, 1.807) is 19.9 Å². The number of aliphatic hydroxyl groups is 1. The van der Waals surface area contributed by atoms with E-state index in [1.165, 1.54) is 31.3 Å². The number of alkyl halides is 1. The first-order valence-electron chi connectivity index (χ1n) is 11.6. The third-order valence-electron chi connectivity index (χ3n) is 5.46. The molecule has 1 unspecified atom stereocenters. The molecule has 4 rings (SSSR count). The molecule has 2 aliphatic heterocycles. The topological polar surface area (TPSA) is 173 Å². The number of rotatable bonds is 10. The second-order valence-corrected chi connectivity index (χ2v) is 11.8. The van der Waals surface area contributed by atoms with Crippen molar-refractivity contribution >= 4 is 31.3 Å². The number of nitrogens with one attached hydrogen (secondary N) is 1. The van der Waals surface area contributed by atoms with Crippen LogP contribution in [0.15, 0.2) is 35.3 Å². The summed E-state index contributed by atoms with van der Waals surface area (Å²) in [5.74, 6) is 0.173. The molecule has 0 aliphatic carbocycles. The van der Waals surface area contributed by atoms with Gasteiger partial charge in [0.2, 0.25) is 6.79 Å². The summed E-state index contributed by atoms with van der Waals surface area (Å²) in [6, 6.07) is 4.67. The van der Waals surface area contributed by atoms with Gasteiger partial charge in [-0.05, 0) is 39.0 Å². The maximum atomic E-state index is 15.0. The van der Waals surface area contributed by atoms with Gasteiger partial charge in [-0.1, -0.05) is 0 Å². The van der Waals surface area contributed by atoms with E-state index in [0.29, 0.717) is 11.5 Å². The van der Waals surface area contributed by atoms with E-state index >= 15 is 0 Å². The number of aromatic nitrogens is 2. The summed E-state index contributed by atoms with van der Waals surface area (Å²) in [6.45, 7) is 4.29. The molecule has 0 amide bonds. The Hall–Kier alpha value is -2.84. The number of carbonyl (C=O) groups excluding carboxylic acids is 1. The summed E-state index contributed by atoms with van der Waals surface area (Å²) in [5, 5.41) is 11.0. The van der Waals surface area contributed by atoms with Gasteiger partial charge in [-0.3, -0.25) is 13.9 Å². The van der Waals surface area contributed by atoms with Crippen LogP contribution >= 0.6 is 19.5 Å². The highest BCUT2D eigenvalue weighted by Crippen LogP contribution is 2.50. The Labute approximate surface area is 221 Å². The number of fused-ring (bicyclic) bond motifs is 1. The van der Waals surface area contributed by atoms with Crippen LogP contribution < -0.4 is 30.5 Å².